The zero-order valence-electron chi connectivity index (χ0n) is 11.2. The number of Topliss-reactive ketones (excluding diaryl/α,β-unsaturated/α-hetero) is 1. The molecule has 2 rings (SSSR count). The minimum Gasteiger partial charge on any atom is -0.396 e. The standard InChI is InChI=1S/C14H19N3OS/c1-2-11(18)13-12(16)10(8-15)14(19-13)17-9-6-4-3-5-7-9/h9,17H,2-7,16H2,1H3. The molecule has 4 nitrogen and oxygen atoms in total. The fraction of sp³-hybridized carbons (Fsp3) is 0.571. The molecule has 1 aliphatic rings. The van der Waals surface area contributed by atoms with E-state index in [-0.39, 0.29) is 5.78 Å². The molecule has 0 saturated heterocycles. The van der Waals surface area contributed by atoms with Gasteiger partial charge >= 0.3 is 0 Å². The van der Waals surface area contributed by atoms with E-state index in [0.717, 1.165) is 17.8 Å². The van der Waals surface area contributed by atoms with Crippen molar-refractivity contribution in [2.24, 2.45) is 0 Å². The maximum atomic E-state index is 11.8. The summed E-state index contributed by atoms with van der Waals surface area (Å²) in [5.74, 6) is 0.00990. The molecule has 1 aromatic rings. The molecular weight excluding hydrogens is 258 g/mol. The predicted molar refractivity (Wildman–Crippen MR) is 78.6 cm³/mol. The average molecular weight is 277 g/mol. The summed E-state index contributed by atoms with van der Waals surface area (Å²) in [6, 6.07) is 2.53. The molecule has 0 atom stereocenters. The highest BCUT2D eigenvalue weighted by Gasteiger charge is 2.22. The first kappa shape index (κ1) is 13.9. The first-order chi connectivity index (χ1) is 9.17. The third-order valence-electron chi connectivity index (χ3n) is 3.57. The number of nitrogens with two attached hydrogens (primary N) is 1. The fourth-order valence-electron chi connectivity index (χ4n) is 2.46. The van der Waals surface area contributed by atoms with Gasteiger partial charge in [0.05, 0.1) is 10.6 Å². The summed E-state index contributed by atoms with van der Waals surface area (Å²) in [6.07, 6.45) is 6.40. The molecule has 19 heavy (non-hydrogen) atoms. The molecule has 3 N–H and O–H groups in total. The van der Waals surface area contributed by atoms with Crippen molar-refractivity contribution in [3.05, 3.63) is 10.4 Å². The molecule has 5 heteroatoms. The zero-order valence-corrected chi connectivity index (χ0v) is 12.0. The van der Waals surface area contributed by atoms with E-state index in [0.29, 0.717) is 28.6 Å². The zero-order chi connectivity index (χ0) is 13.8. The summed E-state index contributed by atoms with van der Waals surface area (Å²) in [7, 11) is 0. The van der Waals surface area contributed by atoms with E-state index < -0.39 is 0 Å². The van der Waals surface area contributed by atoms with Crippen molar-refractivity contribution in [3.8, 4) is 6.07 Å². The Morgan fingerprint density at radius 2 is 2.16 bits per heavy atom. The lowest BCUT2D eigenvalue weighted by Gasteiger charge is -2.23. The van der Waals surface area contributed by atoms with Gasteiger partial charge in [-0.3, -0.25) is 4.79 Å². The van der Waals surface area contributed by atoms with Crippen LogP contribution in [0.15, 0.2) is 0 Å². The van der Waals surface area contributed by atoms with Crippen LogP contribution in [0.3, 0.4) is 0 Å². The Morgan fingerprint density at radius 1 is 1.47 bits per heavy atom. The molecule has 1 aromatic heterocycles. The molecule has 0 bridgehead atoms. The van der Waals surface area contributed by atoms with Crippen LogP contribution in [-0.4, -0.2) is 11.8 Å². The van der Waals surface area contributed by atoms with Crippen LogP contribution in [0.25, 0.3) is 0 Å². The van der Waals surface area contributed by atoms with Crippen LogP contribution < -0.4 is 11.1 Å². The Bertz CT molecular complexity index is 509. The van der Waals surface area contributed by atoms with Crippen molar-refractivity contribution < 1.29 is 4.79 Å². The molecule has 0 amide bonds. The number of anilines is 2. The number of hydrogen-bond acceptors (Lipinski definition) is 5. The SMILES string of the molecule is CCC(=O)c1sc(NC2CCCCC2)c(C#N)c1N. The topological polar surface area (TPSA) is 78.9 Å². The average Bonchev–Trinajstić information content (AvgIpc) is 2.75. The predicted octanol–water partition coefficient (Wildman–Crippen LogP) is 3.54. The third-order valence-corrected chi connectivity index (χ3v) is 4.75. The van der Waals surface area contributed by atoms with E-state index >= 15 is 0 Å². The number of hydrogen-bond donors (Lipinski definition) is 2. The van der Waals surface area contributed by atoms with Crippen LogP contribution in [-0.2, 0) is 0 Å². The molecular formula is C14H19N3OS. The van der Waals surface area contributed by atoms with E-state index in [2.05, 4.69) is 11.4 Å². The quantitative estimate of drug-likeness (QED) is 0.825. The molecule has 0 radical (unpaired) electrons. The summed E-state index contributed by atoms with van der Waals surface area (Å²) < 4.78 is 0. The Labute approximate surface area is 117 Å². The van der Waals surface area contributed by atoms with E-state index in [1.54, 1.807) is 0 Å². The number of nitriles is 1. The first-order valence-corrected chi connectivity index (χ1v) is 7.61. The van der Waals surface area contributed by atoms with E-state index in [1.807, 2.05) is 6.92 Å². The van der Waals surface area contributed by atoms with Gasteiger partial charge in [0.1, 0.15) is 16.6 Å². The highest BCUT2D eigenvalue weighted by atomic mass is 32.1. The van der Waals surface area contributed by atoms with Crippen molar-refractivity contribution in [2.75, 3.05) is 11.1 Å². The van der Waals surface area contributed by atoms with Crippen LogP contribution >= 0.6 is 11.3 Å². The smallest absolute Gasteiger partial charge is 0.174 e. The molecule has 0 aliphatic heterocycles. The van der Waals surface area contributed by atoms with E-state index in [9.17, 15) is 10.1 Å². The molecule has 0 unspecified atom stereocenters. The Morgan fingerprint density at radius 3 is 2.74 bits per heavy atom. The van der Waals surface area contributed by atoms with Crippen LogP contribution in [0.5, 0.6) is 0 Å². The van der Waals surface area contributed by atoms with Crippen molar-refractivity contribution >= 4 is 27.8 Å². The molecule has 102 valence electrons. The summed E-state index contributed by atoms with van der Waals surface area (Å²) in [5.41, 5.74) is 6.71. The van der Waals surface area contributed by atoms with Crippen LogP contribution in [0, 0.1) is 11.3 Å². The van der Waals surface area contributed by atoms with Gasteiger partial charge in [0.2, 0.25) is 0 Å². The van der Waals surface area contributed by atoms with Gasteiger partial charge in [-0.1, -0.05) is 26.2 Å². The van der Waals surface area contributed by atoms with E-state index in [4.69, 9.17) is 5.73 Å². The number of thiophene rings is 1. The van der Waals surface area contributed by atoms with Crippen molar-refractivity contribution in [1.82, 2.24) is 0 Å². The fourth-order valence-corrected chi connectivity index (χ4v) is 3.61. The monoisotopic (exact) mass is 277 g/mol. The van der Waals surface area contributed by atoms with E-state index in [1.165, 1.54) is 30.6 Å². The maximum absolute atomic E-state index is 11.8. The van der Waals surface area contributed by atoms with Gasteiger partial charge in [-0.25, -0.2) is 0 Å². The summed E-state index contributed by atoms with van der Waals surface area (Å²) in [6.45, 7) is 1.81. The van der Waals surface area contributed by atoms with Gasteiger partial charge in [-0.05, 0) is 12.8 Å². The number of nitrogens with zero attached hydrogens (tertiary/aromatic N) is 1. The number of carbonyl (C=O) groups excluding carboxylic acids is 1. The molecule has 0 aromatic carbocycles. The van der Waals surface area contributed by atoms with Crippen LogP contribution in [0.4, 0.5) is 10.7 Å². The highest BCUT2D eigenvalue weighted by molar-refractivity contribution is 7.19. The molecule has 1 saturated carbocycles. The minimum absolute atomic E-state index is 0.00990. The lowest BCUT2D eigenvalue weighted by molar-refractivity contribution is 0.0993. The number of carbonyl (C=O) groups is 1. The minimum atomic E-state index is 0.00990. The second-order valence-corrected chi connectivity index (χ2v) is 5.94. The largest absolute Gasteiger partial charge is 0.396 e. The summed E-state index contributed by atoms with van der Waals surface area (Å²) in [5, 5.41) is 13.4. The summed E-state index contributed by atoms with van der Waals surface area (Å²) in [4.78, 5) is 12.3. The first-order valence-electron chi connectivity index (χ1n) is 6.79. The Balaban J connectivity index is 2.24. The second-order valence-electron chi connectivity index (χ2n) is 4.92. The van der Waals surface area contributed by atoms with Crippen molar-refractivity contribution in [1.29, 1.82) is 5.26 Å². The van der Waals surface area contributed by atoms with Gasteiger partial charge in [0, 0.05) is 12.5 Å². The normalized spacial score (nSPS) is 16.0. The third kappa shape index (κ3) is 2.90. The van der Waals surface area contributed by atoms with Crippen LogP contribution in [0.1, 0.15) is 60.7 Å². The van der Waals surface area contributed by atoms with Gasteiger partial charge < -0.3 is 11.1 Å². The van der Waals surface area contributed by atoms with Gasteiger partial charge in [0.15, 0.2) is 5.78 Å². The highest BCUT2D eigenvalue weighted by Crippen LogP contribution is 2.37. The lowest BCUT2D eigenvalue weighted by atomic mass is 9.95. The van der Waals surface area contributed by atoms with Crippen molar-refractivity contribution in [2.45, 2.75) is 51.5 Å². The van der Waals surface area contributed by atoms with Crippen molar-refractivity contribution in [3.63, 3.8) is 0 Å². The van der Waals surface area contributed by atoms with Crippen LogP contribution in [0.2, 0.25) is 0 Å². The van der Waals surface area contributed by atoms with Gasteiger partial charge in [-0.15, -0.1) is 11.3 Å². The Kier molecular flexibility index (Phi) is 4.43. The summed E-state index contributed by atoms with van der Waals surface area (Å²) >= 11 is 1.33. The molecule has 1 heterocycles. The number of nitrogens with one attached hydrogen (secondary N) is 1. The number of rotatable bonds is 4. The maximum Gasteiger partial charge on any atom is 0.174 e. The van der Waals surface area contributed by atoms with Gasteiger partial charge in [0.25, 0.3) is 0 Å². The molecule has 1 aliphatic carbocycles. The van der Waals surface area contributed by atoms with Gasteiger partial charge in [-0.2, -0.15) is 5.26 Å². The molecule has 0 spiro atoms. The molecule has 1 fully saturated rings. The number of ketones is 1. The second kappa shape index (κ2) is 6.07. The Hall–Kier alpha value is -1.54. The number of nitrogen functional groups attached to an aromatic ring is 1. The lowest BCUT2D eigenvalue weighted by Crippen LogP contribution is -2.22.